The van der Waals surface area contributed by atoms with Gasteiger partial charge in [0.05, 0.1) is 11.8 Å². The number of nitrogens with zero attached hydrogens (tertiary/aromatic N) is 3. The molecule has 1 aromatic carbocycles. The molecule has 0 unspecified atom stereocenters. The van der Waals surface area contributed by atoms with E-state index >= 15 is 0 Å². The van der Waals surface area contributed by atoms with Gasteiger partial charge in [0.15, 0.2) is 0 Å². The summed E-state index contributed by atoms with van der Waals surface area (Å²) >= 11 is 3.66. The van der Waals surface area contributed by atoms with Gasteiger partial charge >= 0.3 is 0 Å². The fraction of sp³-hybridized carbons (Fsp3) is 0.190. The smallest absolute Gasteiger partial charge is 0.272 e. The standard InChI is InChI=1S/C21H21BrN4O/c1-13-7-8-18(10-14(13)2)26-15(3)19(20(22)16(26)4)12-24-25-21(27)17-6-5-9-23-11-17/h5-12H,1-4H3,(H,25,27)/b24-12-. The van der Waals surface area contributed by atoms with E-state index in [1.54, 1.807) is 24.5 Å². The second-order valence-electron chi connectivity index (χ2n) is 6.44. The molecule has 0 aliphatic carbocycles. The molecule has 1 N–H and O–H groups in total. The number of rotatable bonds is 4. The Hall–Kier alpha value is -2.73. The molecular formula is C21H21BrN4O. The molecule has 0 spiro atoms. The third-order valence-electron chi connectivity index (χ3n) is 4.65. The number of halogens is 1. The number of amides is 1. The number of benzene rings is 1. The Balaban J connectivity index is 1.89. The second-order valence-corrected chi connectivity index (χ2v) is 7.24. The molecule has 3 aromatic rings. The van der Waals surface area contributed by atoms with Gasteiger partial charge in [0.1, 0.15) is 0 Å². The van der Waals surface area contributed by atoms with E-state index in [2.05, 4.69) is 75.0 Å². The van der Waals surface area contributed by atoms with Crippen molar-refractivity contribution in [3.63, 3.8) is 0 Å². The van der Waals surface area contributed by atoms with Crippen LogP contribution in [0.3, 0.4) is 0 Å². The summed E-state index contributed by atoms with van der Waals surface area (Å²) in [6.45, 7) is 8.31. The summed E-state index contributed by atoms with van der Waals surface area (Å²) in [5.74, 6) is -0.293. The number of carbonyl (C=O) groups excluding carboxylic acids is 1. The van der Waals surface area contributed by atoms with Crippen molar-refractivity contribution in [2.75, 3.05) is 0 Å². The first kappa shape index (κ1) is 19.0. The van der Waals surface area contributed by atoms with E-state index in [9.17, 15) is 4.79 Å². The minimum absolute atomic E-state index is 0.293. The minimum Gasteiger partial charge on any atom is -0.317 e. The average Bonchev–Trinajstić information content (AvgIpc) is 2.88. The molecule has 138 valence electrons. The molecule has 6 heteroatoms. The lowest BCUT2D eigenvalue weighted by molar-refractivity contribution is 0.0955. The van der Waals surface area contributed by atoms with E-state index in [1.807, 2.05) is 6.92 Å². The van der Waals surface area contributed by atoms with E-state index in [1.165, 1.54) is 17.3 Å². The number of aromatic nitrogens is 2. The Morgan fingerprint density at radius 3 is 2.59 bits per heavy atom. The van der Waals surface area contributed by atoms with Crippen LogP contribution in [0.1, 0.15) is 38.4 Å². The Bertz CT molecular complexity index is 1020. The first-order chi connectivity index (χ1) is 12.9. The molecular weight excluding hydrogens is 404 g/mol. The zero-order valence-electron chi connectivity index (χ0n) is 15.7. The topological polar surface area (TPSA) is 59.3 Å². The van der Waals surface area contributed by atoms with Crippen LogP contribution in [0.2, 0.25) is 0 Å². The van der Waals surface area contributed by atoms with Crippen LogP contribution in [-0.2, 0) is 0 Å². The van der Waals surface area contributed by atoms with Crippen molar-refractivity contribution < 1.29 is 4.79 Å². The van der Waals surface area contributed by atoms with Gasteiger partial charge in [0.2, 0.25) is 0 Å². The van der Waals surface area contributed by atoms with Gasteiger partial charge in [-0.1, -0.05) is 6.07 Å². The van der Waals surface area contributed by atoms with Crippen LogP contribution >= 0.6 is 15.9 Å². The molecule has 0 fully saturated rings. The summed E-state index contributed by atoms with van der Waals surface area (Å²) in [6, 6.07) is 9.82. The van der Waals surface area contributed by atoms with Gasteiger partial charge in [-0.05, 0) is 79.0 Å². The molecule has 5 nitrogen and oxygen atoms in total. The molecule has 0 aliphatic rings. The predicted molar refractivity (Wildman–Crippen MR) is 112 cm³/mol. The Morgan fingerprint density at radius 1 is 1.15 bits per heavy atom. The molecule has 0 saturated carbocycles. The summed E-state index contributed by atoms with van der Waals surface area (Å²) in [6.07, 6.45) is 4.80. The lowest BCUT2D eigenvalue weighted by Gasteiger charge is -2.11. The van der Waals surface area contributed by atoms with E-state index in [0.717, 1.165) is 27.1 Å². The number of hydrazone groups is 1. The van der Waals surface area contributed by atoms with Gasteiger partial charge < -0.3 is 4.57 Å². The van der Waals surface area contributed by atoms with Crippen molar-refractivity contribution in [1.82, 2.24) is 15.0 Å². The van der Waals surface area contributed by atoms with Crippen LogP contribution in [0, 0.1) is 27.7 Å². The summed E-state index contributed by atoms with van der Waals surface area (Å²) < 4.78 is 3.14. The highest BCUT2D eigenvalue weighted by Gasteiger charge is 2.16. The molecule has 0 radical (unpaired) electrons. The minimum atomic E-state index is -0.293. The number of carbonyl (C=O) groups is 1. The van der Waals surface area contributed by atoms with Crippen LogP contribution in [0.5, 0.6) is 0 Å². The van der Waals surface area contributed by atoms with Crippen molar-refractivity contribution >= 4 is 28.1 Å². The fourth-order valence-electron chi connectivity index (χ4n) is 2.94. The number of aryl methyl sites for hydroxylation is 2. The largest absolute Gasteiger partial charge is 0.317 e. The first-order valence-corrected chi connectivity index (χ1v) is 9.38. The van der Waals surface area contributed by atoms with Gasteiger partial charge in [-0.2, -0.15) is 5.10 Å². The molecule has 0 aliphatic heterocycles. The first-order valence-electron chi connectivity index (χ1n) is 8.58. The van der Waals surface area contributed by atoms with E-state index < -0.39 is 0 Å². The SMILES string of the molecule is Cc1ccc(-n2c(C)c(Br)c(/C=N\NC(=O)c3cccnc3)c2C)cc1C. The van der Waals surface area contributed by atoms with Gasteiger partial charge in [0.25, 0.3) is 5.91 Å². The molecule has 0 saturated heterocycles. The van der Waals surface area contributed by atoms with Crippen molar-refractivity contribution in [2.24, 2.45) is 5.10 Å². The molecule has 1 amide bonds. The quantitative estimate of drug-likeness (QED) is 0.490. The maximum absolute atomic E-state index is 12.1. The molecule has 2 aromatic heterocycles. The van der Waals surface area contributed by atoms with Crippen molar-refractivity contribution in [1.29, 1.82) is 0 Å². The third kappa shape index (κ3) is 3.85. The van der Waals surface area contributed by atoms with E-state index in [-0.39, 0.29) is 5.91 Å². The van der Waals surface area contributed by atoms with Gasteiger partial charge in [-0.15, -0.1) is 0 Å². The van der Waals surface area contributed by atoms with Crippen LogP contribution in [0.25, 0.3) is 5.69 Å². The third-order valence-corrected chi connectivity index (χ3v) is 5.65. The predicted octanol–water partition coefficient (Wildman–Crippen LogP) is 4.63. The second kappa shape index (κ2) is 7.88. The molecule has 27 heavy (non-hydrogen) atoms. The van der Waals surface area contributed by atoms with E-state index in [0.29, 0.717) is 5.56 Å². The summed E-state index contributed by atoms with van der Waals surface area (Å²) in [4.78, 5) is 16.0. The van der Waals surface area contributed by atoms with Crippen LogP contribution < -0.4 is 5.43 Å². The van der Waals surface area contributed by atoms with Crippen LogP contribution in [0.15, 0.2) is 52.3 Å². The lowest BCUT2D eigenvalue weighted by atomic mass is 10.1. The molecule has 0 atom stereocenters. The normalized spacial score (nSPS) is 11.1. The lowest BCUT2D eigenvalue weighted by Crippen LogP contribution is -2.17. The molecule has 2 heterocycles. The highest BCUT2D eigenvalue weighted by molar-refractivity contribution is 9.10. The van der Waals surface area contributed by atoms with Crippen LogP contribution in [-0.4, -0.2) is 21.7 Å². The van der Waals surface area contributed by atoms with Gasteiger partial charge in [0, 0.05) is 39.5 Å². The van der Waals surface area contributed by atoms with Crippen LogP contribution in [0.4, 0.5) is 0 Å². The molecule has 0 bridgehead atoms. The average molecular weight is 425 g/mol. The summed E-state index contributed by atoms with van der Waals surface area (Å²) in [5, 5.41) is 4.12. The maximum Gasteiger partial charge on any atom is 0.272 e. The maximum atomic E-state index is 12.1. The highest BCUT2D eigenvalue weighted by atomic mass is 79.9. The van der Waals surface area contributed by atoms with Gasteiger partial charge in [-0.3, -0.25) is 9.78 Å². The highest BCUT2D eigenvalue weighted by Crippen LogP contribution is 2.30. The Kier molecular flexibility index (Phi) is 5.56. The number of pyridine rings is 1. The number of nitrogens with one attached hydrogen (secondary N) is 1. The number of hydrogen-bond donors (Lipinski definition) is 1. The summed E-state index contributed by atoms with van der Waals surface area (Å²) in [5.41, 5.74) is 9.68. The molecule has 3 rings (SSSR count). The summed E-state index contributed by atoms with van der Waals surface area (Å²) in [7, 11) is 0. The zero-order chi connectivity index (χ0) is 19.6. The van der Waals surface area contributed by atoms with E-state index in [4.69, 9.17) is 0 Å². The van der Waals surface area contributed by atoms with Crippen molar-refractivity contribution in [3.8, 4) is 5.69 Å². The fourth-order valence-corrected chi connectivity index (χ4v) is 3.51. The Morgan fingerprint density at radius 2 is 1.93 bits per heavy atom. The zero-order valence-corrected chi connectivity index (χ0v) is 17.3. The Labute approximate surface area is 167 Å². The number of hydrogen-bond acceptors (Lipinski definition) is 3. The van der Waals surface area contributed by atoms with Crippen molar-refractivity contribution in [2.45, 2.75) is 27.7 Å². The monoisotopic (exact) mass is 424 g/mol. The van der Waals surface area contributed by atoms with Gasteiger partial charge in [-0.25, -0.2) is 5.43 Å². The van der Waals surface area contributed by atoms with Crippen molar-refractivity contribution in [3.05, 3.63) is 80.8 Å².